The van der Waals surface area contributed by atoms with Gasteiger partial charge in [-0.25, -0.2) is 18.4 Å². The van der Waals surface area contributed by atoms with Gasteiger partial charge >= 0.3 is 11.9 Å². The summed E-state index contributed by atoms with van der Waals surface area (Å²) in [4.78, 5) is 24.8. The van der Waals surface area contributed by atoms with Crippen LogP contribution >= 0.6 is 46.4 Å². The van der Waals surface area contributed by atoms with Gasteiger partial charge in [0.15, 0.2) is 31.0 Å². The van der Waals surface area contributed by atoms with Gasteiger partial charge in [-0.2, -0.15) is 0 Å². The van der Waals surface area contributed by atoms with Gasteiger partial charge in [-0.1, -0.05) is 46.4 Å². The molecular weight excluding hydrogens is 652 g/mol. The zero-order chi connectivity index (χ0) is 31.1. The van der Waals surface area contributed by atoms with Gasteiger partial charge < -0.3 is 38.6 Å². The zero-order valence-corrected chi connectivity index (χ0v) is 24.9. The maximum absolute atomic E-state index is 14.7. The van der Waals surface area contributed by atoms with Crippen molar-refractivity contribution < 1.29 is 57.0 Å². The Morgan fingerprint density at radius 3 is 1.79 bits per heavy atom. The molecule has 4 rings (SSSR count). The maximum Gasteiger partial charge on any atom is 0.340 e. The van der Waals surface area contributed by atoms with Crippen LogP contribution in [0.5, 0.6) is 0 Å². The molecule has 2 aromatic rings. The highest BCUT2D eigenvalue weighted by atomic mass is 35.5. The molecule has 0 aliphatic carbocycles. The minimum absolute atomic E-state index is 0.0113. The number of methoxy groups -OCH3 is 2. The largest absolute Gasteiger partial charge is 0.459 e. The van der Waals surface area contributed by atoms with Gasteiger partial charge in [0.25, 0.3) is 0 Å². The standard InChI is InChI=1S/C20H15Cl4FO6.C6H11FO4/c1-28-20-16(25)17(31-19(27)12-5-3-10(22)7-14(12)24)15(30-20)8-29-18(26)11-4-2-9(21)6-13(11)23;1-10-6-4(7)5(9)3(2-8)11-6/h2-7,15-17,20H,8H2,1H3;3-6,8-9H,2H2,1H3/t15-,16+,17-,20?;3-,4+,5-,6?/m11/s1. The molecule has 232 valence electrons. The minimum atomic E-state index is -1.83. The van der Waals surface area contributed by atoms with Crippen molar-refractivity contribution in [3.05, 3.63) is 67.6 Å². The highest BCUT2D eigenvalue weighted by Gasteiger charge is 2.49. The van der Waals surface area contributed by atoms with Gasteiger partial charge in [0.05, 0.1) is 27.8 Å². The zero-order valence-electron chi connectivity index (χ0n) is 21.9. The molecule has 0 amide bonds. The third kappa shape index (κ3) is 8.41. The number of carbonyl (C=O) groups is 2. The average molecular weight is 678 g/mol. The lowest BCUT2D eigenvalue weighted by Gasteiger charge is -2.20. The van der Waals surface area contributed by atoms with Crippen LogP contribution in [0, 0.1) is 0 Å². The minimum Gasteiger partial charge on any atom is -0.459 e. The number of rotatable bonds is 8. The molecule has 2 unspecified atom stereocenters. The van der Waals surface area contributed by atoms with Gasteiger partial charge in [0, 0.05) is 24.3 Å². The maximum atomic E-state index is 14.7. The van der Waals surface area contributed by atoms with E-state index < -0.39 is 74.5 Å². The van der Waals surface area contributed by atoms with Crippen molar-refractivity contribution in [1.82, 2.24) is 0 Å². The van der Waals surface area contributed by atoms with Gasteiger partial charge in [0.2, 0.25) is 0 Å². The molecule has 0 radical (unpaired) electrons. The molecule has 2 aliphatic rings. The summed E-state index contributed by atoms with van der Waals surface area (Å²) in [6.07, 6.45) is -10.5. The van der Waals surface area contributed by atoms with Crippen molar-refractivity contribution in [2.45, 2.75) is 49.3 Å². The first kappa shape index (κ1) is 34.6. The number of carbonyl (C=O) groups excluding carboxylic acids is 2. The van der Waals surface area contributed by atoms with Gasteiger partial charge in [-0.15, -0.1) is 0 Å². The number of halogens is 6. The van der Waals surface area contributed by atoms with E-state index in [1.165, 1.54) is 50.6 Å². The monoisotopic (exact) mass is 676 g/mol. The van der Waals surface area contributed by atoms with Gasteiger partial charge in [-0.3, -0.25) is 0 Å². The second kappa shape index (κ2) is 15.8. The van der Waals surface area contributed by atoms with Crippen molar-refractivity contribution in [2.75, 3.05) is 27.4 Å². The number of hydrogen-bond acceptors (Lipinski definition) is 10. The molecule has 0 aromatic heterocycles. The molecular formula is C26H26Cl4F2O10. The summed E-state index contributed by atoms with van der Waals surface area (Å²) in [7, 11) is 2.51. The number of ether oxygens (including phenoxy) is 6. The molecule has 8 atom stereocenters. The predicted molar refractivity (Wildman–Crippen MR) is 147 cm³/mol. The highest BCUT2D eigenvalue weighted by Crippen LogP contribution is 2.30. The lowest BCUT2D eigenvalue weighted by atomic mass is 10.1. The van der Waals surface area contributed by atoms with E-state index in [-0.39, 0.29) is 21.2 Å². The normalized spacial score (nSPS) is 28.6. The number of hydrogen-bond donors (Lipinski definition) is 2. The molecule has 2 heterocycles. The van der Waals surface area contributed by atoms with Crippen molar-refractivity contribution >= 4 is 58.3 Å². The van der Waals surface area contributed by atoms with E-state index in [0.29, 0.717) is 10.0 Å². The Morgan fingerprint density at radius 2 is 1.33 bits per heavy atom. The lowest BCUT2D eigenvalue weighted by molar-refractivity contribution is -0.142. The molecule has 0 saturated carbocycles. The first-order valence-electron chi connectivity index (χ1n) is 12.1. The highest BCUT2D eigenvalue weighted by molar-refractivity contribution is 6.37. The van der Waals surface area contributed by atoms with E-state index in [9.17, 15) is 18.4 Å². The number of aliphatic hydroxyl groups is 2. The summed E-state index contributed by atoms with van der Waals surface area (Å²) in [5.74, 6) is -1.68. The van der Waals surface area contributed by atoms with E-state index in [0.717, 1.165) is 0 Å². The summed E-state index contributed by atoms with van der Waals surface area (Å²) >= 11 is 23.6. The lowest BCUT2D eigenvalue weighted by Crippen LogP contribution is -2.37. The van der Waals surface area contributed by atoms with Crippen LogP contribution in [0.3, 0.4) is 0 Å². The van der Waals surface area contributed by atoms with E-state index in [4.69, 9.17) is 80.3 Å². The Hall–Kier alpha value is -1.84. The fourth-order valence-electron chi connectivity index (χ4n) is 3.91. The van der Waals surface area contributed by atoms with Crippen LogP contribution in [0.25, 0.3) is 0 Å². The van der Waals surface area contributed by atoms with E-state index in [1.54, 1.807) is 0 Å². The van der Waals surface area contributed by atoms with Crippen molar-refractivity contribution in [3.8, 4) is 0 Å². The molecule has 16 heteroatoms. The molecule has 2 saturated heterocycles. The number of aliphatic hydroxyl groups excluding tert-OH is 2. The first-order valence-corrected chi connectivity index (χ1v) is 13.6. The summed E-state index contributed by atoms with van der Waals surface area (Å²) in [6, 6.07) is 8.37. The van der Waals surface area contributed by atoms with E-state index >= 15 is 0 Å². The molecule has 42 heavy (non-hydrogen) atoms. The van der Waals surface area contributed by atoms with Crippen LogP contribution in [0.2, 0.25) is 20.1 Å². The Morgan fingerprint density at radius 1 is 0.833 bits per heavy atom. The van der Waals surface area contributed by atoms with Crippen LogP contribution in [-0.2, 0) is 28.4 Å². The predicted octanol–water partition coefficient (Wildman–Crippen LogP) is 4.44. The van der Waals surface area contributed by atoms with Gasteiger partial charge in [-0.05, 0) is 36.4 Å². The summed E-state index contributed by atoms with van der Waals surface area (Å²) in [6.45, 7) is -0.828. The Bertz CT molecular complexity index is 1220. The van der Waals surface area contributed by atoms with Crippen LogP contribution in [0.15, 0.2) is 36.4 Å². The Balaban J connectivity index is 0.000000369. The topological polar surface area (TPSA) is 130 Å². The first-order chi connectivity index (χ1) is 19.9. The molecule has 2 N–H and O–H groups in total. The molecule has 0 bridgehead atoms. The Labute approximate surface area is 259 Å². The second-order valence-electron chi connectivity index (χ2n) is 8.84. The van der Waals surface area contributed by atoms with Crippen molar-refractivity contribution in [2.24, 2.45) is 0 Å². The molecule has 2 fully saturated rings. The number of esters is 2. The fourth-order valence-corrected chi connectivity index (χ4v) is 4.88. The van der Waals surface area contributed by atoms with Crippen LogP contribution in [-0.4, -0.2) is 98.9 Å². The summed E-state index contributed by atoms with van der Waals surface area (Å²) in [5.41, 5.74) is 0.0495. The van der Waals surface area contributed by atoms with Gasteiger partial charge in [0.1, 0.15) is 24.9 Å². The van der Waals surface area contributed by atoms with E-state index in [2.05, 4.69) is 4.74 Å². The summed E-state index contributed by atoms with van der Waals surface area (Å²) < 4.78 is 57.7. The molecule has 2 aliphatic heterocycles. The molecule has 10 nitrogen and oxygen atoms in total. The third-order valence-electron chi connectivity index (χ3n) is 6.09. The van der Waals surface area contributed by atoms with Crippen molar-refractivity contribution in [3.63, 3.8) is 0 Å². The third-order valence-corrected chi connectivity index (χ3v) is 7.19. The summed E-state index contributed by atoms with van der Waals surface area (Å²) in [5, 5.41) is 18.4. The van der Waals surface area contributed by atoms with Crippen LogP contribution < -0.4 is 0 Å². The van der Waals surface area contributed by atoms with Crippen molar-refractivity contribution in [1.29, 1.82) is 0 Å². The SMILES string of the molecule is COC1O[C@H](CO)[C@@H](O)[C@@H]1F.COC1O[C@H](COC(=O)c2ccc(Cl)cc2Cl)[C@@H](OC(=O)c2ccc(Cl)cc2Cl)[C@@H]1F. The van der Waals surface area contributed by atoms with E-state index in [1.807, 2.05) is 0 Å². The fraction of sp³-hybridized carbons (Fsp3) is 0.462. The quantitative estimate of drug-likeness (QED) is 0.387. The van der Waals surface area contributed by atoms with Crippen LogP contribution in [0.4, 0.5) is 8.78 Å². The van der Waals surface area contributed by atoms with Crippen LogP contribution in [0.1, 0.15) is 20.7 Å². The number of benzene rings is 2. The molecule has 0 spiro atoms. The second-order valence-corrected chi connectivity index (χ2v) is 10.5. The molecule has 2 aromatic carbocycles. The average Bonchev–Trinajstić information content (AvgIpc) is 3.41. The smallest absolute Gasteiger partial charge is 0.340 e. The Kier molecular flexibility index (Phi) is 13.0. The number of alkyl halides is 2.